The number of benzene rings is 2. The second-order valence-corrected chi connectivity index (χ2v) is 7.29. The summed E-state index contributed by atoms with van der Waals surface area (Å²) in [5, 5.41) is 1.27. The van der Waals surface area contributed by atoms with Gasteiger partial charge in [0.2, 0.25) is 0 Å². The van der Waals surface area contributed by atoms with Crippen molar-refractivity contribution in [1.29, 1.82) is 0 Å². The van der Waals surface area contributed by atoms with E-state index in [4.69, 9.17) is 16.3 Å². The van der Waals surface area contributed by atoms with Gasteiger partial charge in [0, 0.05) is 12.1 Å². The first-order valence-corrected chi connectivity index (χ1v) is 9.19. The number of para-hydroxylation sites is 1. The van der Waals surface area contributed by atoms with Gasteiger partial charge in [-0.25, -0.2) is 9.78 Å². The fourth-order valence-electron chi connectivity index (χ4n) is 2.38. The average molecular weight is 389 g/mol. The predicted octanol–water partition coefficient (Wildman–Crippen LogP) is 4.33. The van der Waals surface area contributed by atoms with Crippen LogP contribution in [0.1, 0.15) is 28.3 Å². The van der Waals surface area contributed by atoms with E-state index in [2.05, 4.69) is 4.98 Å². The summed E-state index contributed by atoms with van der Waals surface area (Å²) in [6, 6.07) is 14.0. The van der Waals surface area contributed by atoms with Crippen LogP contribution in [-0.2, 0) is 9.53 Å². The maximum atomic E-state index is 12.4. The third kappa shape index (κ3) is 4.03. The number of hydrogen-bond acceptors (Lipinski definition) is 5. The van der Waals surface area contributed by atoms with Crippen LogP contribution in [0.25, 0.3) is 10.2 Å². The topological polar surface area (TPSA) is 59.5 Å². The van der Waals surface area contributed by atoms with E-state index in [1.165, 1.54) is 11.0 Å². The number of likely N-dealkylation sites (N-methyl/N-ethyl adjacent to an activating group) is 1. The molecule has 1 atom stereocenters. The molecule has 0 aliphatic carbocycles. The Morgan fingerprint density at radius 3 is 2.73 bits per heavy atom. The first-order chi connectivity index (χ1) is 12.5. The quantitative estimate of drug-likeness (QED) is 0.610. The number of carbonyl (C=O) groups is 2. The third-order valence-electron chi connectivity index (χ3n) is 4.03. The zero-order valence-corrected chi connectivity index (χ0v) is 15.9. The van der Waals surface area contributed by atoms with Gasteiger partial charge in [0.1, 0.15) is 5.01 Å². The lowest BCUT2D eigenvalue weighted by Gasteiger charge is -2.23. The molecule has 0 fully saturated rings. The monoisotopic (exact) mass is 388 g/mol. The van der Waals surface area contributed by atoms with E-state index in [0.717, 1.165) is 15.2 Å². The molecule has 134 valence electrons. The molecule has 3 aromatic rings. The summed E-state index contributed by atoms with van der Waals surface area (Å²) in [5.74, 6) is -0.881. The Labute approximate surface area is 160 Å². The molecule has 0 bridgehead atoms. The van der Waals surface area contributed by atoms with Crippen LogP contribution in [0.15, 0.2) is 48.5 Å². The Morgan fingerprint density at radius 2 is 2.00 bits per heavy atom. The number of carbonyl (C=O) groups excluding carboxylic acids is 2. The third-order valence-corrected chi connectivity index (χ3v) is 5.47. The normalized spacial score (nSPS) is 12.0. The summed E-state index contributed by atoms with van der Waals surface area (Å²) in [7, 11) is 1.67. The van der Waals surface area contributed by atoms with Gasteiger partial charge < -0.3 is 9.64 Å². The summed E-state index contributed by atoms with van der Waals surface area (Å²) in [6.45, 7) is 1.56. The molecule has 3 rings (SSSR count). The lowest BCUT2D eigenvalue weighted by Crippen LogP contribution is -2.33. The van der Waals surface area contributed by atoms with Gasteiger partial charge in [-0.3, -0.25) is 4.79 Å². The van der Waals surface area contributed by atoms with Gasteiger partial charge in [-0.1, -0.05) is 29.8 Å². The maximum Gasteiger partial charge on any atom is 0.338 e. The van der Waals surface area contributed by atoms with E-state index in [9.17, 15) is 9.59 Å². The number of aromatic nitrogens is 1. The van der Waals surface area contributed by atoms with Crippen LogP contribution in [-0.4, -0.2) is 35.4 Å². The standard InChI is InChI=1S/C19H17ClN2O3S/c1-12(18-21-15-8-3-4-9-16(15)26-18)22(2)17(23)11-25-19(24)13-6-5-7-14(20)10-13/h3-10,12H,11H2,1-2H3/t12-/m0/s1. The van der Waals surface area contributed by atoms with Crippen LogP contribution in [0, 0.1) is 0 Å². The minimum absolute atomic E-state index is 0.218. The second-order valence-electron chi connectivity index (χ2n) is 5.79. The Kier molecular flexibility index (Phi) is 5.54. The molecule has 7 heteroatoms. The molecule has 0 aliphatic heterocycles. The highest BCUT2D eigenvalue weighted by atomic mass is 35.5. The average Bonchev–Trinajstić information content (AvgIpc) is 3.08. The Hall–Kier alpha value is -2.44. The molecule has 26 heavy (non-hydrogen) atoms. The first-order valence-electron chi connectivity index (χ1n) is 7.99. The Balaban J connectivity index is 1.62. The largest absolute Gasteiger partial charge is 0.452 e. The lowest BCUT2D eigenvalue weighted by molar-refractivity contribution is -0.135. The number of amides is 1. The SMILES string of the molecule is C[C@@H](c1nc2ccccc2s1)N(C)C(=O)COC(=O)c1cccc(Cl)c1. The maximum absolute atomic E-state index is 12.4. The molecular formula is C19H17ClN2O3S. The van der Waals surface area contributed by atoms with E-state index < -0.39 is 5.97 Å². The van der Waals surface area contributed by atoms with E-state index in [1.54, 1.807) is 36.6 Å². The second kappa shape index (κ2) is 7.85. The summed E-state index contributed by atoms with van der Waals surface area (Å²) in [4.78, 5) is 30.5. The zero-order chi connectivity index (χ0) is 18.7. The van der Waals surface area contributed by atoms with Gasteiger partial charge in [0.05, 0.1) is 21.8 Å². The van der Waals surface area contributed by atoms with Crippen molar-refractivity contribution in [3.63, 3.8) is 0 Å². The van der Waals surface area contributed by atoms with E-state index in [-0.39, 0.29) is 18.6 Å². The molecule has 0 spiro atoms. The molecule has 0 saturated carbocycles. The minimum atomic E-state index is -0.582. The van der Waals surface area contributed by atoms with Gasteiger partial charge in [0.25, 0.3) is 5.91 Å². The van der Waals surface area contributed by atoms with Gasteiger partial charge in [-0.05, 0) is 37.3 Å². The summed E-state index contributed by atoms with van der Waals surface area (Å²) >= 11 is 7.40. The van der Waals surface area contributed by atoms with Gasteiger partial charge in [0.15, 0.2) is 6.61 Å². The molecule has 1 amide bonds. The number of halogens is 1. The number of rotatable bonds is 5. The van der Waals surface area contributed by atoms with Crippen molar-refractivity contribution in [3.8, 4) is 0 Å². The molecule has 0 saturated heterocycles. The van der Waals surface area contributed by atoms with Crippen LogP contribution in [0.2, 0.25) is 5.02 Å². The van der Waals surface area contributed by atoms with Crippen molar-refractivity contribution in [1.82, 2.24) is 9.88 Å². The number of nitrogens with zero attached hydrogens (tertiary/aromatic N) is 2. The lowest BCUT2D eigenvalue weighted by atomic mass is 10.2. The van der Waals surface area contributed by atoms with Crippen LogP contribution in [0.5, 0.6) is 0 Å². The number of ether oxygens (including phenoxy) is 1. The van der Waals surface area contributed by atoms with Gasteiger partial charge in [-0.2, -0.15) is 0 Å². The van der Waals surface area contributed by atoms with Crippen molar-refractivity contribution in [2.45, 2.75) is 13.0 Å². The van der Waals surface area contributed by atoms with Crippen LogP contribution >= 0.6 is 22.9 Å². The number of fused-ring (bicyclic) bond motifs is 1. The molecule has 0 N–H and O–H groups in total. The first kappa shape index (κ1) is 18.4. The number of hydrogen-bond donors (Lipinski definition) is 0. The molecule has 0 aliphatic rings. The van der Waals surface area contributed by atoms with Crippen LogP contribution in [0.4, 0.5) is 0 Å². The summed E-state index contributed by atoms with van der Waals surface area (Å²) in [5.41, 5.74) is 1.22. The van der Waals surface area contributed by atoms with E-state index >= 15 is 0 Å². The highest BCUT2D eigenvalue weighted by Gasteiger charge is 2.22. The zero-order valence-electron chi connectivity index (χ0n) is 14.3. The minimum Gasteiger partial charge on any atom is -0.452 e. The molecule has 0 unspecified atom stereocenters. The molecule has 0 radical (unpaired) electrons. The highest BCUT2D eigenvalue weighted by Crippen LogP contribution is 2.28. The highest BCUT2D eigenvalue weighted by molar-refractivity contribution is 7.18. The van der Waals surface area contributed by atoms with E-state index in [0.29, 0.717) is 10.6 Å². The van der Waals surface area contributed by atoms with Crippen LogP contribution < -0.4 is 0 Å². The van der Waals surface area contributed by atoms with Crippen molar-refractivity contribution in [2.24, 2.45) is 0 Å². The van der Waals surface area contributed by atoms with Gasteiger partial charge >= 0.3 is 5.97 Å². The van der Waals surface area contributed by atoms with Gasteiger partial charge in [-0.15, -0.1) is 11.3 Å². The number of thiazole rings is 1. The van der Waals surface area contributed by atoms with Crippen LogP contribution in [0.3, 0.4) is 0 Å². The smallest absolute Gasteiger partial charge is 0.338 e. The Bertz CT molecular complexity index is 924. The molecular weight excluding hydrogens is 372 g/mol. The van der Waals surface area contributed by atoms with Crippen molar-refractivity contribution in [2.75, 3.05) is 13.7 Å². The molecule has 2 aromatic carbocycles. The summed E-state index contributed by atoms with van der Waals surface area (Å²) < 4.78 is 6.18. The van der Waals surface area contributed by atoms with Crippen molar-refractivity contribution in [3.05, 3.63) is 64.1 Å². The molecule has 1 heterocycles. The van der Waals surface area contributed by atoms with E-state index in [1.807, 2.05) is 31.2 Å². The Morgan fingerprint density at radius 1 is 1.23 bits per heavy atom. The fourth-order valence-corrected chi connectivity index (χ4v) is 3.63. The molecule has 5 nitrogen and oxygen atoms in total. The fraction of sp³-hybridized carbons (Fsp3) is 0.211. The number of esters is 1. The molecule has 1 aromatic heterocycles. The predicted molar refractivity (Wildman–Crippen MR) is 103 cm³/mol. The summed E-state index contributed by atoms with van der Waals surface area (Å²) in [6.07, 6.45) is 0. The van der Waals surface area contributed by atoms with Crippen molar-refractivity contribution >= 4 is 45.0 Å². The van der Waals surface area contributed by atoms with Crippen molar-refractivity contribution < 1.29 is 14.3 Å².